The molecule has 2 aromatic heterocycles. The number of carbonyl (C=O) groups is 1. The summed E-state index contributed by atoms with van der Waals surface area (Å²) < 4.78 is 26.8. The number of nitrogens with zero attached hydrogens (tertiary/aromatic N) is 2. The second-order valence-corrected chi connectivity index (χ2v) is 7.84. The summed E-state index contributed by atoms with van der Waals surface area (Å²) in [4.78, 5) is 12.5. The van der Waals surface area contributed by atoms with Crippen molar-refractivity contribution in [3.8, 4) is 5.75 Å². The second kappa shape index (κ2) is 9.46. The highest BCUT2D eigenvalue weighted by molar-refractivity contribution is 6.32. The van der Waals surface area contributed by atoms with Crippen LogP contribution in [-0.4, -0.2) is 15.7 Å². The number of anilines is 1. The van der Waals surface area contributed by atoms with Gasteiger partial charge in [-0.1, -0.05) is 41.4 Å². The van der Waals surface area contributed by atoms with Crippen LogP contribution in [0.15, 0.2) is 65.3 Å². The SMILES string of the molecule is Cc1cccc(Cl)c1OCc1ccc(C(=O)Nc2cnn(Cc3c(F)cccc3Cl)c2)o1. The lowest BCUT2D eigenvalue weighted by Crippen LogP contribution is -2.10. The average molecular weight is 474 g/mol. The molecule has 0 fully saturated rings. The van der Waals surface area contributed by atoms with Crippen molar-refractivity contribution in [2.24, 2.45) is 0 Å². The Morgan fingerprint density at radius 2 is 1.94 bits per heavy atom. The van der Waals surface area contributed by atoms with Gasteiger partial charge in [0.2, 0.25) is 0 Å². The van der Waals surface area contributed by atoms with Crippen molar-refractivity contribution in [1.29, 1.82) is 0 Å². The molecule has 0 radical (unpaired) electrons. The Labute approximate surface area is 193 Å². The van der Waals surface area contributed by atoms with Gasteiger partial charge in [-0.05, 0) is 42.8 Å². The molecule has 0 aliphatic carbocycles. The number of carbonyl (C=O) groups excluding carboxylic acids is 1. The van der Waals surface area contributed by atoms with E-state index in [4.69, 9.17) is 32.4 Å². The smallest absolute Gasteiger partial charge is 0.291 e. The van der Waals surface area contributed by atoms with E-state index in [2.05, 4.69) is 10.4 Å². The number of halogens is 3. The first-order valence-electron chi connectivity index (χ1n) is 9.64. The average Bonchev–Trinajstić information content (AvgIpc) is 3.40. The van der Waals surface area contributed by atoms with Crippen LogP contribution >= 0.6 is 23.2 Å². The molecule has 6 nitrogen and oxygen atoms in total. The third kappa shape index (κ3) is 4.95. The van der Waals surface area contributed by atoms with Crippen molar-refractivity contribution in [2.75, 3.05) is 5.32 Å². The maximum Gasteiger partial charge on any atom is 0.291 e. The van der Waals surface area contributed by atoms with Crippen molar-refractivity contribution >= 4 is 34.8 Å². The van der Waals surface area contributed by atoms with Crippen molar-refractivity contribution < 1.29 is 18.3 Å². The summed E-state index contributed by atoms with van der Waals surface area (Å²) in [6, 6.07) is 13.2. The minimum Gasteiger partial charge on any atom is -0.484 e. The number of amides is 1. The summed E-state index contributed by atoms with van der Waals surface area (Å²) in [5.74, 6) is 0.284. The van der Waals surface area contributed by atoms with Crippen LogP contribution < -0.4 is 10.1 Å². The van der Waals surface area contributed by atoms with Crippen LogP contribution in [0.5, 0.6) is 5.75 Å². The van der Waals surface area contributed by atoms with Gasteiger partial charge in [0.05, 0.1) is 23.5 Å². The van der Waals surface area contributed by atoms with E-state index in [1.807, 2.05) is 19.1 Å². The minimum atomic E-state index is -0.450. The number of rotatable bonds is 7. The zero-order valence-corrected chi connectivity index (χ0v) is 18.5. The van der Waals surface area contributed by atoms with E-state index in [-0.39, 0.29) is 18.9 Å². The molecule has 4 aromatic rings. The first-order valence-corrected chi connectivity index (χ1v) is 10.4. The monoisotopic (exact) mass is 473 g/mol. The number of furan rings is 1. The lowest BCUT2D eigenvalue weighted by atomic mass is 10.2. The molecular formula is C23H18Cl2FN3O3. The van der Waals surface area contributed by atoms with Crippen LogP contribution in [0.25, 0.3) is 0 Å². The molecule has 164 valence electrons. The quantitative estimate of drug-likeness (QED) is 0.351. The Morgan fingerprint density at radius 1 is 1.16 bits per heavy atom. The maximum absolute atomic E-state index is 14.0. The van der Waals surface area contributed by atoms with Crippen LogP contribution in [0, 0.1) is 12.7 Å². The molecule has 2 heterocycles. The van der Waals surface area contributed by atoms with E-state index in [1.54, 1.807) is 30.5 Å². The van der Waals surface area contributed by atoms with Gasteiger partial charge in [0.1, 0.15) is 23.9 Å². The molecule has 0 saturated heterocycles. The predicted octanol–water partition coefficient (Wildman–Crippen LogP) is 6.11. The number of aryl methyl sites for hydroxylation is 1. The fourth-order valence-corrected chi connectivity index (χ4v) is 3.57. The summed E-state index contributed by atoms with van der Waals surface area (Å²) in [6.45, 7) is 2.15. The Kier molecular flexibility index (Phi) is 6.48. The lowest BCUT2D eigenvalue weighted by Gasteiger charge is -2.09. The van der Waals surface area contributed by atoms with Crippen LogP contribution in [0.4, 0.5) is 10.1 Å². The topological polar surface area (TPSA) is 69.3 Å². The van der Waals surface area contributed by atoms with Gasteiger partial charge in [0.25, 0.3) is 5.91 Å². The van der Waals surface area contributed by atoms with Crippen LogP contribution in [0.1, 0.15) is 27.4 Å². The fraction of sp³-hybridized carbons (Fsp3) is 0.130. The molecule has 0 aliphatic rings. The largest absolute Gasteiger partial charge is 0.484 e. The van der Waals surface area contributed by atoms with E-state index in [0.717, 1.165) is 5.56 Å². The van der Waals surface area contributed by atoms with Gasteiger partial charge in [0.15, 0.2) is 5.76 Å². The number of aromatic nitrogens is 2. The van der Waals surface area contributed by atoms with Gasteiger partial charge in [-0.15, -0.1) is 0 Å². The summed E-state index contributed by atoms with van der Waals surface area (Å²) in [5.41, 5.74) is 1.65. The van der Waals surface area contributed by atoms with Gasteiger partial charge in [-0.3, -0.25) is 9.48 Å². The highest BCUT2D eigenvalue weighted by Gasteiger charge is 2.15. The molecule has 9 heteroatoms. The summed E-state index contributed by atoms with van der Waals surface area (Å²) >= 11 is 12.2. The Balaban J connectivity index is 1.37. The Bertz CT molecular complexity index is 1230. The summed E-state index contributed by atoms with van der Waals surface area (Å²) in [7, 11) is 0. The molecule has 0 atom stereocenters. The van der Waals surface area contributed by atoms with Crippen molar-refractivity contribution in [3.05, 3.63) is 99.4 Å². The number of nitrogens with one attached hydrogen (secondary N) is 1. The highest BCUT2D eigenvalue weighted by Crippen LogP contribution is 2.29. The molecule has 0 spiro atoms. The van der Waals surface area contributed by atoms with Crippen molar-refractivity contribution in [2.45, 2.75) is 20.1 Å². The molecule has 1 N–H and O–H groups in total. The molecule has 0 unspecified atom stereocenters. The zero-order valence-electron chi connectivity index (χ0n) is 16.9. The molecule has 1 amide bonds. The van der Waals surface area contributed by atoms with Gasteiger partial charge < -0.3 is 14.5 Å². The van der Waals surface area contributed by atoms with Gasteiger partial charge >= 0.3 is 0 Å². The summed E-state index contributed by atoms with van der Waals surface area (Å²) in [5, 5.41) is 7.64. The van der Waals surface area contributed by atoms with E-state index in [1.165, 1.54) is 23.0 Å². The summed E-state index contributed by atoms with van der Waals surface area (Å²) in [6.07, 6.45) is 3.04. The number of hydrogen-bond acceptors (Lipinski definition) is 4. The first kappa shape index (κ1) is 21.9. The number of benzene rings is 2. The van der Waals surface area contributed by atoms with Crippen molar-refractivity contribution in [1.82, 2.24) is 9.78 Å². The minimum absolute atomic E-state index is 0.115. The highest BCUT2D eigenvalue weighted by atomic mass is 35.5. The third-order valence-corrected chi connectivity index (χ3v) is 5.33. The molecule has 0 bridgehead atoms. The predicted molar refractivity (Wildman–Crippen MR) is 120 cm³/mol. The van der Waals surface area contributed by atoms with E-state index < -0.39 is 11.7 Å². The van der Waals surface area contributed by atoms with E-state index >= 15 is 0 Å². The van der Waals surface area contributed by atoms with Gasteiger partial charge in [-0.25, -0.2) is 4.39 Å². The Hall–Kier alpha value is -3.29. The second-order valence-electron chi connectivity index (χ2n) is 7.02. The van der Waals surface area contributed by atoms with E-state index in [0.29, 0.717) is 32.8 Å². The number of hydrogen-bond donors (Lipinski definition) is 1. The van der Waals surface area contributed by atoms with E-state index in [9.17, 15) is 9.18 Å². The van der Waals surface area contributed by atoms with Crippen LogP contribution in [0.3, 0.4) is 0 Å². The Morgan fingerprint density at radius 3 is 2.72 bits per heavy atom. The molecular weight excluding hydrogens is 456 g/mol. The molecule has 32 heavy (non-hydrogen) atoms. The fourth-order valence-electron chi connectivity index (χ4n) is 3.07. The standard InChI is InChI=1S/C23H18Cl2FN3O3/c1-14-4-2-6-19(25)22(14)31-13-16-8-9-21(32-16)23(30)28-15-10-27-29(11-15)12-17-18(24)5-3-7-20(17)26/h2-11H,12-13H2,1H3,(H,28,30). The lowest BCUT2D eigenvalue weighted by molar-refractivity contribution is 0.0992. The van der Waals surface area contributed by atoms with Crippen LogP contribution in [-0.2, 0) is 13.2 Å². The first-order chi connectivity index (χ1) is 15.4. The van der Waals surface area contributed by atoms with Gasteiger partial charge in [0, 0.05) is 16.8 Å². The molecule has 0 aliphatic heterocycles. The third-order valence-electron chi connectivity index (χ3n) is 4.68. The number of para-hydroxylation sites is 1. The zero-order chi connectivity index (χ0) is 22.7. The van der Waals surface area contributed by atoms with Gasteiger partial charge in [-0.2, -0.15) is 5.10 Å². The van der Waals surface area contributed by atoms with Crippen molar-refractivity contribution in [3.63, 3.8) is 0 Å². The van der Waals surface area contributed by atoms with Crippen LogP contribution in [0.2, 0.25) is 10.0 Å². The number of ether oxygens (including phenoxy) is 1. The molecule has 0 saturated carbocycles. The maximum atomic E-state index is 14.0. The molecule has 2 aromatic carbocycles. The molecule has 4 rings (SSSR count). The normalized spacial score (nSPS) is 10.9.